The van der Waals surface area contributed by atoms with Gasteiger partial charge in [-0.3, -0.25) is 0 Å². The van der Waals surface area contributed by atoms with Gasteiger partial charge in [0.2, 0.25) is 0 Å². The lowest BCUT2D eigenvalue weighted by Gasteiger charge is -2.35. The lowest BCUT2D eigenvalue weighted by Crippen LogP contribution is -3.00. The van der Waals surface area contributed by atoms with Gasteiger partial charge in [-0.1, -0.05) is 130 Å². The molecule has 3 aromatic rings. The maximum absolute atomic E-state index is 3.96. The predicted molar refractivity (Wildman–Crippen MR) is 142 cm³/mol. The van der Waals surface area contributed by atoms with Crippen LogP contribution in [0.5, 0.6) is 0 Å². The summed E-state index contributed by atoms with van der Waals surface area (Å²) >= 11 is 0. The van der Waals surface area contributed by atoms with Gasteiger partial charge in [0, 0.05) is 0 Å². The highest BCUT2D eigenvalue weighted by Gasteiger charge is 2.30. The Kier molecular flexibility index (Phi) is 14.2. The van der Waals surface area contributed by atoms with Crippen molar-refractivity contribution >= 4 is 0 Å². The van der Waals surface area contributed by atoms with E-state index in [2.05, 4.69) is 96.7 Å². The topological polar surface area (TPSA) is 27.6 Å². The Morgan fingerprint density at radius 2 is 0.765 bits per heavy atom. The summed E-state index contributed by atoms with van der Waals surface area (Å²) in [5.41, 5.74) is 8.61. The molecule has 0 saturated carbocycles. The van der Waals surface area contributed by atoms with Crippen LogP contribution in [-0.4, -0.2) is 6.54 Å². The maximum atomic E-state index is 3.96. The minimum Gasteiger partial charge on any atom is -1.00 e. The summed E-state index contributed by atoms with van der Waals surface area (Å²) in [6.07, 6.45) is 15.6. The summed E-state index contributed by atoms with van der Waals surface area (Å²) in [7, 11) is 0. The van der Waals surface area contributed by atoms with E-state index in [1.807, 2.05) is 0 Å². The molecule has 0 atom stereocenters. The molecule has 2 heteroatoms. The third-order valence-electron chi connectivity index (χ3n) is 6.97. The predicted octanol–water partition coefficient (Wildman–Crippen LogP) is 4.46. The van der Waals surface area contributed by atoms with Crippen LogP contribution in [0, 0.1) is 5.41 Å². The molecule has 0 aliphatic carbocycles. The van der Waals surface area contributed by atoms with Gasteiger partial charge in [-0.15, -0.1) is 0 Å². The summed E-state index contributed by atoms with van der Waals surface area (Å²) < 4.78 is 0. The van der Waals surface area contributed by atoms with Crippen molar-refractivity contribution in [2.45, 2.75) is 77.0 Å². The van der Waals surface area contributed by atoms with Crippen LogP contribution >= 0.6 is 0 Å². The third kappa shape index (κ3) is 10.7. The van der Waals surface area contributed by atoms with E-state index in [-0.39, 0.29) is 29.4 Å². The zero-order valence-electron chi connectivity index (χ0n) is 20.9. The van der Waals surface area contributed by atoms with Gasteiger partial charge < -0.3 is 29.7 Å². The van der Waals surface area contributed by atoms with Crippen molar-refractivity contribution in [2.75, 3.05) is 6.54 Å². The first-order valence-corrected chi connectivity index (χ1v) is 13.2. The van der Waals surface area contributed by atoms with Gasteiger partial charge >= 0.3 is 0 Å². The van der Waals surface area contributed by atoms with Crippen molar-refractivity contribution in [1.82, 2.24) is 0 Å². The molecule has 0 amide bonds. The molecule has 0 aliphatic heterocycles. The number of benzene rings is 3. The van der Waals surface area contributed by atoms with Gasteiger partial charge in [0.05, 0.1) is 6.54 Å². The molecule has 3 N–H and O–H groups in total. The second-order valence-corrected chi connectivity index (χ2v) is 9.92. The lowest BCUT2D eigenvalue weighted by atomic mass is 9.69. The zero-order valence-corrected chi connectivity index (χ0v) is 23.1. The molecule has 184 valence electrons. The van der Waals surface area contributed by atoms with E-state index in [1.165, 1.54) is 74.5 Å². The fraction of sp³-hybridized carbons (Fsp3) is 0.438. The Morgan fingerprint density at radius 1 is 0.441 bits per heavy atom. The highest BCUT2D eigenvalue weighted by molar-refractivity contribution is 5.24. The molecule has 0 spiro atoms. The zero-order chi connectivity index (χ0) is 23.0. The molecular formula is C32H44IN. The molecule has 1 nitrogen and oxygen atoms in total. The number of unbranched alkanes of at least 4 members (excludes halogenated alkanes) is 7. The molecule has 0 unspecified atom stereocenters. The standard InChI is InChI=1S/C32H43N.HI/c33-25-17-6-4-2-1-3-5-16-24-32(26-29-18-10-7-11-19-29,27-30-20-12-8-13-21-30)28-31-22-14-9-15-23-31;/h7-15,18-23H,1-6,16-17,24-28,33H2;1H. The molecule has 0 saturated heterocycles. The monoisotopic (exact) mass is 569 g/mol. The largest absolute Gasteiger partial charge is 1.00 e. The lowest BCUT2D eigenvalue weighted by molar-refractivity contribution is -0.368. The van der Waals surface area contributed by atoms with Gasteiger partial charge in [-0.25, -0.2) is 0 Å². The van der Waals surface area contributed by atoms with Crippen molar-refractivity contribution in [3.8, 4) is 0 Å². The van der Waals surface area contributed by atoms with Crippen LogP contribution in [0.2, 0.25) is 0 Å². The molecule has 3 rings (SSSR count). The van der Waals surface area contributed by atoms with E-state index < -0.39 is 0 Å². The van der Waals surface area contributed by atoms with E-state index in [1.54, 1.807) is 0 Å². The third-order valence-corrected chi connectivity index (χ3v) is 6.97. The summed E-state index contributed by atoms with van der Waals surface area (Å²) in [6, 6.07) is 33.5. The average Bonchev–Trinajstić information content (AvgIpc) is 2.85. The van der Waals surface area contributed by atoms with E-state index in [4.69, 9.17) is 0 Å². The molecule has 0 heterocycles. The summed E-state index contributed by atoms with van der Waals surface area (Å²) in [5.74, 6) is 0. The van der Waals surface area contributed by atoms with Crippen molar-refractivity contribution in [3.05, 3.63) is 108 Å². The fourth-order valence-corrected chi connectivity index (χ4v) is 5.28. The van der Waals surface area contributed by atoms with Crippen LogP contribution in [0.3, 0.4) is 0 Å². The molecule has 3 aromatic carbocycles. The molecule has 0 fully saturated rings. The Labute approximate surface area is 225 Å². The van der Waals surface area contributed by atoms with Gasteiger partial charge in [0.25, 0.3) is 0 Å². The van der Waals surface area contributed by atoms with Crippen LogP contribution in [0.4, 0.5) is 0 Å². The van der Waals surface area contributed by atoms with E-state index >= 15 is 0 Å². The van der Waals surface area contributed by atoms with Crippen LogP contribution in [0.15, 0.2) is 91.0 Å². The van der Waals surface area contributed by atoms with Crippen LogP contribution < -0.4 is 29.7 Å². The van der Waals surface area contributed by atoms with E-state index in [0.717, 1.165) is 25.8 Å². The number of quaternary nitrogens is 1. The molecule has 0 aliphatic rings. The highest BCUT2D eigenvalue weighted by Crippen LogP contribution is 2.37. The number of hydrogen-bond acceptors (Lipinski definition) is 0. The Morgan fingerprint density at radius 3 is 1.12 bits per heavy atom. The van der Waals surface area contributed by atoms with Crippen molar-refractivity contribution in [3.63, 3.8) is 0 Å². The minimum atomic E-state index is 0. The van der Waals surface area contributed by atoms with E-state index in [0.29, 0.717) is 0 Å². The average molecular weight is 570 g/mol. The fourth-order valence-electron chi connectivity index (χ4n) is 5.28. The number of rotatable bonds is 16. The van der Waals surface area contributed by atoms with Crippen LogP contribution in [0.1, 0.15) is 74.5 Å². The molecule has 34 heavy (non-hydrogen) atoms. The van der Waals surface area contributed by atoms with Gasteiger partial charge in [-0.05, 0) is 60.6 Å². The highest BCUT2D eigenvalue weighted by atomic mass is 127. The molecule has 0 bridgehead atoms. The van der Waals surface area contributed by atoms with Gasteiger partial charge in [0.1, 0.15) is 0 Å². The second kappa shape index (κ2) is 16.9. The summed E-state index contributed by atoms with van der Waals surface area (Å²) in [5, 5.41) is 0. The summed E-state index contributed by atoms with van der Waals surface area (Å²) in [4.78, 5) is 0. The molecular weight excluding hydrogens is 525 g/mol. The minimum absolute atomic E-state index is 0. The SMILES string of the molecule is [I-].[NH3+]CCCCCCCCCCC(Cc1ccccc1)(Cc1ccccc1)Cc1ccccc1. The Bertz CT molecular complexity index is 762. The Hall–Kier alpha value is -1.65. The van der Waals surface area contributed by atoms with Gasteiger partial charge in [-0.2, -0.15) is 0 Å². The first kappa shape index (κ1) is 28.6. The smallest absolute Gasteiger partial charge is 0.0739 e. The molecule has 0 aromatic heterocycles. The van der Waals surface area contributed by atoms with Crippen molar-refractivity contribution in [1.29, 1.82) is 0 Å². The molecule has 0 radical (unpaired) electrons. The van der Waals surface area contributed by atoms with E-state index in [9.17, 15) is 0 Å². The summed E-state index contributed by atoms with van der Waals surface area (Å²) in [6.45, 7) is 1.09. The van der Waals surface area contributed by atoms with Crippen molar-refractivity contribution < 1.29 is 29.7 Å². The first-order valence-electron chi connectivity index (χ1n) is 13.2. The first-order chi connectivity index (χ1) is 16.3. The maximum Gasteiger partial charge on any atom is 0.0739 e. The van der Waals surface area contributed by atoms with Crippen LogP contribution in [-0.2, 0) is 19.3 Å². The quantitative estimate of drug-likeness (QED) is 0.195. The second-order valence-electron chi connectivity index (χ2n) is 9.92. The van der Waals surface area contributed by atoms with Crippen molar-refractivity contribution in [2.24, 2.45) is 5.41 Å². The number of hydrogen-bond donors (Lipinski definition) is 1. The number of halogens is 1. The van der Waals surface area contributed by atoms with Crippen LogP contribution in [0.25, 0.3) is 0 Å². The normalized spacial score (nSPS) is 11.2. The Balaban J connectivity index is 0.00000408. The van der Waals surface area contributed by atoms with Gasteiger partial charge in [0.15, 0.2) is 0 Å².